The summed E-state index contributed by atoms with van der Waals surface area (Å²) < 4.78 is 0. The third-order valence-corrected chi connectivity index (χ3v) is 9.37. The molecule has 0 saturated carbocycles. The van der Waals surface area contributed by atoms with E-state index in [-0.39, 0.29) is 11.8 Å². The van der Waals surface area contributed by atoms with Gasteiger partial charge in [0.15, 0.2) is 5.13 Å². The molecule has 160 valence electrons. The number of hydrogen-bond donors (Lipinski definition) is 0. The van der Waals surface area contributed by atoms with Gasteiger partial charge >= 0.3 is 0 Å². The van der Waals surface area contributed by atoms with Crippen LogP contribution < -0.4 is 4.90 Å². The lowest BCUT2D eigenvalue weighted by Gasteiger charge is -2.58. The van der Waals surface area contributed by atoms with Crippen molar-refractivity contribution in [3.8, 4) is 6.07 Å². The summed E-state index contributed by atoms with van der Waals surface area (Å²) in [7, 11) is 0. The lowest BCUT2D eigenvalue weighted by molar-refractivity contribution is -0.130. The van der Waals surface area contributed by atoms with Crippen molar-refractivity contribution < 1.29 is 4.79 Å². The molecule has 4 aliphatic rings. The molecule has 6 heteroatoms. The summed E-state index contributed by atoms with van der Waals surface area (Å²) in [5, 5.41) is 15.4. The van der Waals surface area contributed by atoms with Crippen LogP contribution in [-0.4, -0.2) is 10.9 Å². The lowest BCUT2D eigenvalue weighted by Crippen LogP contribution is -2.58. The van der Waals surface area contributed by atoms with Crippen LogP contribution >= 0.6 is 22.7 Å². The molecule has 3 atom stereocenters. The van der Waals surface area contributed by atoms with E-state index in [1.165, 1.54) is 16.2 Å². The number of benzene rings is 2. The topological polar surface area (TPSA) is 57.0 Å². The number of nitriles is 1. The fourth-order valence-corrected chi connectivity index (χ4v) is 7.91. The van der Waals surface area contributed by atoms with Gasteiger partial charge in [-0.1, -0.05) is 42.5 Å². The molecule has 4 nitrogen and oxygen atoms in total. The van der Waals surface area contributed by atoms with Gasteiger partial charge in [0.05, 0.1) is 22.9 Å². The minimum Gasteiger partial charge on any atom is -0.273 e. The summed E-state index contributed by atoms with van der Waals surface area (Å²) in [5.74, 6) is 0.00688. The molecule has 1 aliphatic heterocycles. The number of nitrogens with zero attached hydrogens (tertiary/aromatic N) is 3. The number of rotatable bonds is 3. The number of hydrogen-bond acceptors (Lipinski definition) is 5. The van der Waals surface area contributed by atoms with Gasteiger partial charge in [-0.15, -0.1) is 22.7 Å². The minimum atomic E-state index is -0.791. The zero-order valence-corrected chi connectivity index (χ0v) is 19.5. The maximum absolute atomic E-state index is 14.2. The van der Waals surface area contributed by atoms with E-state index in [1.54, 1.807) is 11.3 Å². The Labute approximate surface area is 199 Å². The molecule has 2 aromatic carbocycles. The molecule has 2 aromatic heterocycles. The molecule has 0 spiro atoms. The van der Waals surface area contributed by atoms with Crippen LogP contribution in [0.2, 0.25) is 0 Å². The van der Waals surface area contributed by atoms with E-state index in [0.29, 0.717) is 11.6 Å². The average Bonchev–Trinajstić information content (AvgIpc) is 3.52. The first-order valence-electron chi connectivity index (χ1n) is 11.0. The summed E-state index contributed by atoms with van der Waals surface area (Å²) in [6.45, 7) is 2.05. The van der Waals surface area contributed by atoms with Gasteiger partial charge in [0.2, 0.25) is 5.91 Å². The average molecular weight is 466 g/mol. The SMILES string of the molecule is CC12CC3(C#N)c4ccccc4C1c1c(cccc13)N(c1nc(Cc3cccs3)cs1)C2=O. The molecule has 0 saturated heterocycles. The van der Waals surface area contributed by atoms with Crippen molar-refractivity contribution in [1.82, 2.24) is 4.98 Å². The van der Waals surface area contributed by atoms with Gasteiger partial charge < -0.3 is 0 Å². The number of carbonyl (C=O) groups is 1. The Morgan fingerprint density at radius 2 is 1.97 bits per heavy atom. The highest BCUT2D eigenvalue weighted by molar-refractivity contribution is 7.14. The van der Waals surface area contributed by atoms with Crippen LogP contribution in [0.25, 0.3) is 0 Å². The first kappa shape index (κ1) is 19.2. The molecule has 1 amide bonds. The van der Waals surface area contributed by atoms with Crippen molar-refractivity contribution in [3.05, 3.63) is 98.2 Å². The van der Waals surface area contributed by atoms with Crippen molar-refractivity contribution in [2.45, 2.75) is 31.1 Å². The van der Waals surface area contributed by atoms with E-state index in [2.05, 4.69) is 47.2 Å². The van der Waals surface area contributed by atoms with Crippen LogP contribution in [0.1, 0.15) is 52.1 Å². The van der Waals surface area contributed by atoms with Crippen LogP contribution in [0.3, 0.4) is 0 Å². The van der Waals surface area contributed by atoms with Crippen molar-refractivity contribution >= 4 is 39.4 Å². The molecule has 3 unspecified atom stereocenters. The molecule has 3 aliphatic carbocycles. The Morgan fingerprint density at radius 1 is 1.12 bits per heavy atom. The number of anilines is 2. The van der Waals surface area contributed by atoms with E-state index >= 15 is 0 Å². The molecule has 0 fully saturated rings. The largest absolute Gasteiger partial charge is 0.273 e. The Balaban J connectivity index is 1.44. The van der Waals surface area contributed by atoms with E-state index < -0.39 is 10.8 Å². The van der Waals surface area contributed by atoms with Crippen LogP contribution in [0.5, 0.6) is 0 Å². The second-order valence-corrected chi connectivity index (χ2v) is 11.3. The molecule has 8 rings (SSSR count). The smallest absolute Gasteiger partial charge is 0.240 e. The zero-order chi connectivity index (χ0) is 22.4. The molecular weight excluding hydrogens is 446 g/mol. The maximum atomic E-state index is 14.2. The molecule has 4 bridgehead atoms. The molecular formula is C27H19N3OS2. The summed E-state index contributed by atoms with van der Waals surface area (Å²) in [5.41, 5.74) is 4.74. The van der Waals surface area contributed by atoms with E-state index in [4.69, 9.17) is 4.98 Å². The molecule has 33 heavy (non-hydrogen) atoms. The fourth-order valence-electron chi connectivity index (χ4n) is 6.35. The van der Waals surface area contributed by atoms with Crippen LogP contribution in [0.15, 0.2) is 65.4 Å². The van der Waals surface area contributed by atoms with Crippen LogP contribution in [0.4, 0.5) is 10.8 Å². The summed E-state index contributed by atoms with van der Waals surface area (Å²) in [6.07, 6.45) is 1.27. The highest BCUT2D eigenvalue weighted by atomic mass is 32.1. The van der Waals surface area contributed by atoms with Crippen LogP contribution in [-0.2, 0) is 16.6 Å². The number of aromatic nitrogens is 1. The Hall–Kier alpha value is -3.27. The monoisotopic (exact) mass is 465 g/mol. The summed E-state index contributed by atoms with van der Waals surface area (Å²) in [6, 6.07) is 21.1. The lowest BCUT2D eigenvalue weighted by atomic mass is 9.45. The van der Waals surface area contributed by atoms with Crippen molar-refractivity contribution in [2.75, 3.05) is 4.90 Å². The van der Waals surface area contributed by atoms with Gasteiger partial charge in [-0.2, -0.15) is 5.26 Å². The third kappa shape index (κ3) is 2.29. The molecule has 3 heterocycles. The predicted octanol–water partition coefficient (Wildman–Crippen LogP) is 6.14. The van der Waals surface area contributed by atoms with Gasteiger partial charge in [0.1, 0.15) is 5.41 Å². The van der Waals surface area contributed by atoms with Crippen molar-refractivity contribution in [3.63, 3.8) is 0 Å². The minimum absolute atomic E-state index is 0.0376. The Bertz CT molecular complexity index is 1500. The highest BCUT2D eigenvalue weighted by Gasteiger charge is 2.65. The third-order valence-electron chi connectivity index (χ3n) is 7.62. The number of carbonyl (C=O) groups excluding carboxylic acids is 1. The van der Waals surface area contributed by atoms with Gasteiger partial charge in [-0.3, -0.25) is 9.69 Å². The van der Waals surface area contributed by atoms with Gasteiger partial charge in [-0.25, -0.2) is 4.98 Å². The van der Waals surface area contributed by atoms with Gasteiger partial charge in [0, 0.05) is 22.6 Å². The van der Waals surface area contributed by atoms with Crippen molar-refractivity contribution in [2.24, 2.45) is 5.41 Å². The second kappa shape index (κ2) is 6.40. The van der Waals surface area contributed by atoms with Crippen molar-refractivity contribution in [1.29, 1.82) is 5.26 Å². The van der Waals surface area contributed by atoms with E-state index in [9.17, 15) is 10.1 Å². The zero-order valence-electron chi connectivity index (χ0n) is 17.9. The standard InChI is InChI=1S/C27H19N3OS2/c1-26-14-27(15-28)19-8-3-2-7-18(19)23(26)22-20(27)9-4-10-21(22)30(24(26)31)25-29-16(13-33-25)12-17-6-5-11-32-17/h2-11,13,23H,12,14H2,1H3. The van der Waals surface area contributed by atoms with Gasteiger partial charge in [0.25, 0.3) is 0 Å². The first-order valence-corrected chi connectivity index (χ1v) is 12.8. The van der Waals surface area contributed by atoms with E-state index in [0.717, 1.165) is 40.1 Å². The first-order chi connectivity index (χ1) is 16.1. The van der Waals surface area contributed by atoms with E-state index in [1.807, 2.05) is 36.1 Å². The van der Waals surface area contributed by atoms with Gasteiger partial charge in [-0.05, 0) is 53.1 Å². The number of thiophene rings is 1. The summed E-state index contributed by atoms with van der Waals surface area (Å²) >= 11 is 3.24. The quantitative estimate of drug-likeness (QED) is 0.365. The van der Waals surface area contributed by atoms with Crippen LogP contribution in [0, 0.1) is 16.7 Å². The second-order valence-electron chi connectivity index (χ2n) is 9.39. The number of thiazole rings is 1. The number of amides is 1. The predicted molar refractivity (Wildman–Crippen MR) is 130 cm³/mol. The Kier molecular flexibility index (Phi) is 3.73. The maximum Gasteiger partial charge on any atom is 0.240 e. The fraction of sp³-hybridized carbons (Fsp3) is 0.222. The Morgan fingerprint density at radius 3 is 2.79 bits per heavy atom. The molecule has 0 N–H and O–H groups in total. The normalized spacial score (nSPS) is 26.2. The molecule has 0 radical (unpaired) electrons. The summed E-state index contributed by atoms with van der Waals surface area (Å²) in [4.78, 5) is 22.2. The molecule has 4 aromatic rings. The highest BCUT2D eigenvalue weighted by Crippen LogP contribution is 2.68.